The lowest BCUT2D eigenvalue weighted by Gasteiger charge is -2.22. The quantitative estimate of drug-likeness (QED) is 0.650. The molecule has 6 nitrogen and oxygen atoms in total. The third-order valence-electron chi connectivity index (χ3n) is 6.03. The molecule has 0 saturated carbocycles. The normalized spacial score (nSPS) is 14.2. The van der Waals surface area contributed by atoms with Gasteiger partial charge in [-0.2, -0.15) is 0 Å². The molecule has 0 fully saturated rings. The van der Waals surface area contributed by atoms with E-state index in [0.29, 0.717) is 6.61 Å². The largest absolute Gasteiger partial charge is 0.466 e. The molecular formula is C23H27N3O3. The Labute approximate surface area is 170 Å². The maximum atomic E-state index is 12.5. The Kier molecular flexibility index (Phi) is 5.37. The lowest BCUT2D eigenvalue weighted by Crippen LogP contribution is -2.14. The molecule has 1 aliphatic carbocycles. The number of aryl methyl sites for hydroxylation is 3. The van der Waals surface area contributed by atoms with Gasteiger partial charge in [0.2, 0.25) is 0 Å². The molecule has 1 N–H and O–H groups in total. The zero-order valence-corrected chi connectivity index (χ0v) is 17.2. The van der Waals surface area contributed by atoms with E-state index in [2.05, 4.69) is 28.5 Å². The number of hydrogen-bond donors (Lipinski definition) is 1. The van der Waals surface area contributed by atoms with E-state index in [1.165, 1.54) is 11.1 Å². The number of aliphatic hydroxyl groups is 1. The minimum absolute atomic E-state index is 0.0183. The lowest BCUT2D eigenvalue weighted by molar-refractivity contribution is -0.143. The molecule has 1 unspecified atom stereocenters. The zero-order chi connectivity index (χ0) is 20.5. The lowest BCUT2D eigenvalue weighted by atomic mass is 9.83. The summed E-state index contributed by atoms with van der Waals surface area (Å²) < 4.78 is 7.03. The zero-order valence-electron chi connectivity index (χ0n) is 17.2. The van der Waals surface area contributed by atoms with Crippen LogP contribution in [0.5, 0.6) is 0 Å². The second kappa shape index (κ2) is 7.95. The number of aromatic nitrogens is 3. The van der Waals surface area contributed by atoms with Crippen LogP contribution in [0.25, 0.3) is 11.0 Å². The van der Waals surface area contributed by atoms with Crippen molar-refractivity contribution in [3.8, 4) is 0 Å². The molecule has 3 aromatic rings. The van der Waals surface area contributed by atoms with Crippen LogP contribution in [0.2, 0.25) is 0 Å². The molecule has 29 heavy (non-hydrogen) atoms. The first-order valence-electron chi connectivity index (χ1n) is 10.2. The molecule has 0 radical (unpaired) electrons. The van der Waals surface area contributed by atoms with Crippen LogP contribution in [0, 0.1) is 6.92 Å². The number of ether oxygens (including phenoxy) is 1. The van der Waals surface area contributed by atoms with Gasteiger partial charge in [0.05, 0.1) is 25.2 Å². The summed E-state index contributed by atoms with van der Waals surface area (Å²) in [6, 6.07) is 8.35. The maximum Gasteiger partial charge on any atom is 0.306 e. The van der Waals surface area contributed by atoms with Gasteiger partial charge in [-0.05, 0) is 72.6 Å². The minimum Gasteiger partial charge on any atom is -0.466 e. The van der Waals surface area contributed by atoms with Crippen molar-refractivity contribution in [2.24, 2.45) is 7.05 Å². The second-order valence-electron chi connectivity index (χ2n) is 7.75. The minimum atomic E-state index is -0.220. The van der Waals surface area contributed by atoms with Crippen molar-refractivity contribution in [1.82, 2.24) is 15.0 Å². The number of carbonyl (C=O) groups excluding carboxylic acids is 1. The van der Waals surface area contributed by atoms with Crippen molar-refractivity contribution in [1.29, 1.82) is 0 Å². The third-order valence-corrected chi connectivity index (χ3v) is 6.03. The number of benzene rings is 2. The number of hydrogen-bond acceptors (Lipinski definition) is 5. The van der Waals surface area contributed by atoms with Gasteiger partial charge < -0.3 is 9.84 Å². The Bertz CT molecular complexity index is 1070. The Hall–Kier alpha value is -2.73. The molecule has 0 aliphatic heterocycles. The number of carbonyl (C=O) groups is 1. The Balaban J connectivity index is 1.85. The summed E-state index contributed by atoms with van der Waals surface area (Å²) >= 11 is 0. The van der Waals surface area contributed by atoms with Gasteiger partial charge in [0.1, 0.15) is 5.52 Å². The van der Waals surface area contributed by atoms with Gasteiger partial charge in [-0.15, -0.1) is 5.10 Å². The van der Waals surface area contributed by atoms with E-state index in [9.17, 15) is 9.90 Å². The van der Waals surface area contributed by atoms with Crippen LogP contribution in [0.15, 0.2) is 24.3 Å². The number of fused-ring (bicyclic) bond motifs is 2. The number of esters is 1. The summed E-state index contributed by atoms with van der Waals surface area (Å²) in [5.41, 5.74) is 8.47. The first-order valence-corrected chi connectivity index (χ1v) is 10.2. The van der Waals surface area contributed by atoms with E-state index in [4.69, 9.17) is 4.74 Å². The average molecular weight is 393 g/mol. The van der Waals surface area contributed by atoms with Crippen LogP contribution in [0.3, 0.4) is 0 Å². The fraction of sp³-hybridized carbons (Fsp3) is 0.435. The molecule has 0 spiro atoms. The fourth-order valence-electron chi connectivity index (χ4n) is 4.59. The third kappa shape index (κ3) is 3.53. The van der Waals surface area contributed by atoms with E-state index in [-0.39, 0.29) is 24.9 Å². The summed E-state index contributed by atoms with van der Waals surface area (Å²) in [6.07, 6.45) is 3.39. The smallest absolute Gasteiger partial charge is 0.306 e. The average Bonchev–Trinajstić information content (AvgIpc) is 3.33. The second-order valence-corrected chi connectivity index (χ2v) is 7.75. The summed E-state index contributed by atoms with van der Waals surface area (Å²) in [5.74, 6) is -0.376. The highest BCUT2D eigenvalue weighted by molar-refractivity contribution is 5.80. The molecule has 0 amide bonds. The van der Waals surface area contributed by atoms with Gasteiger partial charge in [-0.1, -0.05) is 23.4 Å². The fourth-order valence-corrected chi connectivity index (χ4v) is 4.59. The highest BCUT2D eigenvalue weighted by atomic mass is 16.5. The summed E-state index contributed by atoms with van der Waals surface area (Å²) in [5, 5.41) is 18.4. The molecule has 6 heteroatoms. The summed E-state index contributed by atoms with van der Waals surface area (Å²) in [4.78, 5) is 12.5. The summed E-state index contributed by atoms with van der Waals surface area (Å²) in [6.45, 7) is 4.23. The summed E-state index contributed by atoms with van der Waals surface area (Å²) in [7, 11) is 1.87. The Morgan fingerprint density at radius 2 is 2.14 bits per heavy atom. The Morgan fingerprint density at radius 1 is 1.31 bits per heavy atom. The van der Waals surface area contributed by atoms with Crippen LogP contribution in [-0.4, -0.2) is 32.7 Å². The standard InChI is InChI=1S/C23H27N3O3/c1-4-29-22(28)12-20(16-10-15-6-5-7-19(15)17(11-16)13-27)18-8-9-21-23(14(18)2)24-25-26(21)3/h8-11,20,27H,4-7,12-13H2,1-3H3. The predicted octanol–water partition coefficient (Wildman–Crippen LogP) is 3.34. The van der Waals surface area contributed by atoms with Crippen molar-refractivity contribution in [3.05, 3.63) is 57.6 Å². The number of nitrogens with zero attached hydrogens (tertiary/aromatic N) is 3. The number of aliphatic hydroxyl groups excluding tert-OH is 1. The highest BCUT2D eigenvalue weighted by Gasteiger charge is 2.25. The van der Waals surface area contributed by atoms with Gasteiger partial charge in [0.25, 0.3) is 0 Å². The molecule has 152 valence electrons. The van der Waals surface area contributed by atoms with E-state index >= 15 is 0 Å². The highest BCUT2D eigenvalue weighted by Crippen LogP contribution is 2.37. The van der Waals surface area contributed by atoms with E-state index in [0.717, 1.165) is 52.5 Å². The van der Waals surface area contributed by atoms with Crippen LogP contribution < -0.4 is 0 Å². The van der Waals surface area contributed by atoms with Crippen molar-refractivity contribution < 1.29 is 14.6 Å². The number of rotatable bonds is 6. The van der Waals surface area contributed by atoms with Gasteiger partial charge in [0, 0.05) is 13.0 Å². The maximum absolute atomic E-state index is 12.5. The monoisotopic (exact) mass is 393 g/mol. The van der Waals surface area contributed by atoms with Gasteiger partial charge in [-0.3, -0.25) is 4.79 Å². The SMILES string of the molecule is CCOC(=O)CC(c1cc(CO)c2c(c1)CCC2)c1ccc2c(nnn2C)c1C. The van der Waals surface area contributed by atoms with Crippen LogP contribution in [0.4, 0.5) is 0 Å². The first kappa shape index (κ1) is 19.6. The molecule has 1 aliphatic rings. The predicted molar refractivity (Wildman–Crippen MR) is 111 cm³/mol. The molecule has 0 bridgehead atoms. The van der Waals surface area contributed by atoms with Crippen molar-refractivity contribution >= 4 is 17.0 Å². The molecule has 1 heterocycles. The molecule has 0 saturated heterocycles. The van der Waals surface area contributed by atoms with Crippen LogP contribution in [-0.2, 0) is 36.0 Å². The molecular weight excluding hydrogens is 366 g/mol. The van der Waals surface area contributed by atoms with Crippen molar-refractivity contribution in [3.63, 3.8) is 0 Å². The Morgan fingerprint density at radius 3 is 2.90 bits per heavy atom. The van der Waals surface area contributed by atoms with Crippen LogP contribution >= 0.6 is 0 Å². The van der Waals surface area contributed by atoms with Gasteiger partial charge in [-0.25, -0.2) is 4.68 Å². The molecule has 2 aromatic carbocycles. The van der Waals surface area contributed by atoms with Crippen LogP contribution in [0.1, 0.15) is 59.1 Å². The van der Waals surface area contributed by atoms with Gasteiger partial charge >= 0.3 is 5.97 Å². The molecule has 1 aromatic heterocycles. The molecule has 4 rings (SSSR count). The van der Waals surface area contributed by atoms with E-state index < -0.39 is 0 Å². The topological polar surface area (TPSA) is 77.2 Å². The van der Waals surface area contributed by atoms with Crippen molar-refractivity contribution in [2.75, 3.05) is 6.61 Å². The molecule has 1 atom stereocenters. The van der Waals surface area contributed by atoms with E-state index in [1.54, 1.807) is 4.68 Å². The van der Waals surface area contributed by atoms with Gasteiger partial charge in [0.15, 0.2) is 0 Å². The van der Waals surface area contributed by atoms with E-state index in [1.807, 2.05) is 27.0 Å². The first-order chi connectivity index (χ1) is 14.0. The van der Waals surface area contributed by atoms with Crippen molar-refractivity contribution in [2.45, 2.75) is 52.1 Å².